The summed E-state index contributed by atoms with van der Waals surface area (Å²) in [6, 6.07) is 3.68. The number of aromatic nitrogens is 4. The molecule has 2 aromatic heterocycles. The predicted octanol–water partition coefficient (Wildman–Crippen LogP) is 0.560. The lowest BCUT2D eigenvalue weighted by Gasteiger charge is -2.17. The van der Waals surface area contributed by atoms with Gasteiger partial charge in [0.15, 0.2) is 5.82 Å². The van der Waals surface area contributed by atoms with E-state index in [4.69, 9.17) is 5.73 Å². The fourth-order valence-corrected chi connectivity index (χ4v) is 2.27. The number of pyridine rings is 1. The van der Waals surface area contributed by atoms with Crippen LogP contribution in [0.25, 0.3) is 5.82 Å². The second kappa shape index (κ2) is 5.96. The molecular weight excluding hydrogens is 294 g/mol. The van der Waals surface area contributed by atoms with Gasteiger partial charge in [-0.15, -0.1) is 5.10 Å². The molecule has 1 saturated carbocycles. The zero-order chi connectivity index (χ0) is 16.6. The van der Waals surface area contributed by atoms with Gasteiger partial charge in [-0.25, -0.2) is 4.98 Å². The van der Waals surface area contributed by atoms with Crippen molar-refractivity contribution < 1.29 is 4.79 Å². The zero-order valence-electron chi connectivity index (χ0n) is 13.6. The van der Waals surface area contributed by atoms with Gasteiger partial charge in [-0.05, 0) is 25.0 Å². The molecule has 122 valence electrons. The number of rotatable bonds is 5. The first kappa shape index (κ1) is 15.4. The van der Waals surface area contributed by atoms with E-state index >= 15 is 0 Å². The summed E-state index contributed by atoms with van der Waals surface area (Å²) in [5.74, 6) is 2.18. The molecule has 23 heavy (non-hydrogen) atoms. The zero-order valence-corrected chi connectivity index (χ0v) is 13.6. The standard InChI is InChI=1S/C15H21N7O/c1-20(2)15-18-13(8-16)22(19-15)12-7-6-11(9-17-12)21(3)14(23)10-4-5-10/h6-7,9-10H,4-5,8,16H2,1-3H3. The van der Waals surface area contributed by atoms with Crippen LogP contribution in [-0.4, -0.2) is 46.8 Å². The molecule has 0 unspecified atom stereocenters. The molecule has 0 spiro atoms. The average molecular weight is 315 g/mol. The van der Waals surface area contributed by atoms with Crippen molar-refractivity contribution in [2.45, 2.75) is 19.4 Å². The maximum atomic E-state index is 12.1. The second-order valence-corrected chi connectivity index (χ2v) is 5.88. The highest BCUT2D eigenvalue weighted by molar-refractivity contribution is 5.95. The van der Waals surface area contributed by atoms with Gasteiger partial charge < -0.3 is 15.5 Å². The Morgan fingerprint density at radius 2 is 2.09 bits per heavy atom. The highest BCUT2D eigenvalue weighted by Crippen LogP contribution is 2.32. The minimum Gasteiger partial charge on any atom is -0.346 e. The molecule has 1 aliphatic carbocycles. The maximum Gasteiger partial charge on any atom is 0.244 e. The lowest BCUT2D eigenvalue weighted by Crippen LogP contribution is -2.27. The Kier molecular flexibility index (Phi) is 3.99. The van der Waals surface area contributed by atoms with Crippen molar-refractivity contribution in [3.05, 3.63) is 24.2 Å². The molecule has 1 aliphatic rings. The SMILES string of the molecule is CN(C)c1nc(CN)n(-c2ccc(N(C)C(=O)C3CC3)cn2)n1. The van der Waals surface area contributed by atoms with E-state index in [9.17, 15) is 4.79 Å². The first-order valence-corrected chi connectivity index (χ1v) is 7.58. The molecule has 1 amide bonds. The van der Waals surface area contributed by atoms with E-state index in [-0.39, 0.29) is 18.4 Å². The van der Waals surface area contributed by atoms with Crippen molar-refractivity contribution in [1.29, 1.82) is 0 Å². The highest BCUT2D eigenvalue weighted by atomic mass is 16.2. The van der Waals surface area contributed by atoms with E-state index in [0.717, 1.165) is 18.5 Å². The van der Waals surface area contributed by atoms with Gasteiger partial charge in [0, 0.05) is 27.1 Å². The van der Waals surface area contributed by atoms with Gasteiger partial charge in [-0.2, -0.15) is 9.67 Å². The third kappa shape index (κ3) is 3.02. The van der Waals surface area contributed by atoms with Crippen molar-refractivity contribution in [1.82, 2.24) is 19.7 Å². The molecule has 0 atom stereocenters. The van der Waals surface area contributed by atoms with Gasteiger partial charge in [0.05, 0.1) is 18.4 Å². The molecule has 0 aliphatic heterocycles. The van der Waals surface area contributed by atoms with Crippen LogP contribution >= 0.6 is 0 Å². The van der Waals surface area contributed by atoms with Crippen molar-refractivity contribution in [2.75, 3.05) is 30.9 Å². The summed E-state index contributed by atoms with van der Waals surface area (Å²) in [7, 11) is 5.52. The van der Waals surface area contributed by atoms with Gasteiger partial charge in [0.2, 0.25) is 11.9 Å². The lowest BCUT2D eigenvalue weighted by molar-refractivity contribution is -0.119. The van der Waals surface area contributed by atoms with Crippen LogP contribution in [0, 0.1) is 5.92 Å². The minimum absolute atomic E-state index is 0.151. The Hall–Kier alpha value is -2.48. The van der Waals surface area contributed by atoms with E-state index in [1.165, 1.54) is 0 Å². The number of carbonyl (C=O) groups is 1. The van der Waals surface area contributed by atoms with Crippen molar-refractivity contribution in [3.8, 4) is 5.82 Å². The van der Waals surface area contributed by atoms with Gasteiger partial charge in [0.1, 0.15) is 5.82 Å². The van der Waals surface area contributed by atoms with Gasteiger partial charge in [0.25, 0.3) is 0 Å². The topological polar surface area (TPSA) is 93.2 Å². The Morgan fingerprint density at radius 3 is 2.61 bits per heavy atom. The smallest absolute Gasteiger partial charge is 0.244 e. The first-order chi connectivity index (χ1) is 11.0. The van der Waals surface area contributed by atoms with Gasteiger partial charge in [-0.3, -0.25) is 4.79 Å². The largest absolute Gasteiger partial charge is 0.346 e. The first-order valence-electron chi connectivity index (χ1n) is 7.58. The summed E-state index contributed by atoms with van der Waals surface area (Å²) in [4.78, 5) is 24.3. The monoisotopic (exact) mass is 315 g/mol. The molecular formula is C15H21N7O. The maximum absolute atomic E-state index is 12.1. The van der Waals surface area contributed by atoms with Gasteiger partial charge in [-0.1, -0.05) is 0 Å². The molecule has 0 radical (unpaired) electrons. The molecule has 2 aromatic rings. The summed E-state index contributed by atoms with van der Waals surface area (Å²) in [5, 5.41) is 4.41. The van der Waals surface area contributed by atoms with Crippen molar-refractivity contribution >= 4 is 17.5 Å². The molecule has 8 nitrogen and oxygen atoms in total. The number of anilines is 2. The number of amides is 1. The quantitative estimate of drug-likeness (QED) is 0.866. The molecule has 0 saturated heterocycles. The number of nitrogens with zero attached hydrogens (tertiary/aromatic N) is 6. The van der Waals surface area contributed by atoms with E-state index in [0.29, 0.717) is 17.6 Å². The average Bonchev–Trinajstić information content (AvgIpc) is 3.31. The molecule has 1 fully saturated rings. The number of nitrogens with two attached hydrogens (primary N) is 1. The van der Waals surface area contributed by atoms with E-state index < -0.39 is 0 Å². The highest BCUT2D eigenvalue weighted by Gasteiger charge is 2.32. The Labute approximate surface area is 134 Å². The lowest BCUT2D eigenvalue weighted by atomic mass is 10.3. The third-order valence-corrected chi connectivity index (χ3v) is 3.84. The Morgan fingerprint density at radius 1 is 1.35 bits per heavy atom. The molecule has 2 N–H and O–H groups in total. The van der Waals surface area contributed by atoms with Crippen molar-refractivity contribution in [3.63, 3.8) is 0 Å². The fourth-order valence-electron chi connectivity index (χ4n) is 2.27. The minimum atomic E-state index is 0.151. The second-order valence-electron chi connectivity index (χ2n) is 5.88. The van der Waals surface area contributed by atoms with Crippen LogP contribution in [0.4, 0.5) is 11.6 Å². The number of carbonyl (C=O) groups excluding carboxylic acids is 1. The number of hydrogen-bond acceptors (Lipinski definition) is 6. The van der Waals surface area contributed by atoms with E-state index in [1.807, 2.05) is 31.1 Å². The summed E-state index contributed by atoms with van der Waals surface area (Å²) in [6.45, 7) is 0.268. The van der Waals surface area contributed by atoms with E-state index in [2.05, 4.69) is 15.1 Å². The summed E-state index contributed by atoms with van der Waals surface area (Å²) in [6.07, 6.45) is 3.65. The van der Waals surface area contributed by atoms with E-state index in [1.54, 1.807) is 22.8 Å². The number of hydrogen-bond donors (Lipinski definition) is 1. The Bertz CT molecular complexity index is 703. The van der Waals surface area contributed by atoms with Crippen LogP contribution in [-0.2, 0) is 11.3 Å². The van der Waals surface area contributed by atoms with Crippen LogP contribution < -0.4 is 15.5 Å². The summed E-state index contributed by atoms with van der Waals surface area (Å²) < 4.78 is 1.63. The summed E-state index contributed by atoms with van der Waals surface area (Å²) in [5.41, 5.74) is 6.51. The van der Waals surface area contributed by atoms with Crippen LogP contribution in [0.2, 0.25) is 0 Å². The summed E-state index contributed by atoms with van der Waals surface area (Å²) >= 11 is 0. The molecule has 0 bridgehead atoms. The molecule has 3 rings (SSSR count). The van der Waals surface area contributed by atoms with Crippen LogP contribution in [0.3, 0.4) is 0 Å². The van der Waals surface area contributed by atoms with Crippen LogP contribution in [0.15, 0.2) is 18.3 Å². The van der Waals surface area contributed by atoms with Crippen molar-refractivity contribution in [2.24, 2.45) is 11.7 Å². The normalized spacial score (nSPS) is 13.9. The Balaban J connectivity index is 1.85. The fraction of sp³-hybridized carbons (Fsp3) is 0.467. The van der Waals surface area contributed by atoms with Crippen LogP contribution in [0.1, 0.15) is 18.7 Å². The molecule has 8 heteroatoms. The predicted molar refractivity (Wildman–Crippen MR) is 87.5 cm³/mol. The molecule has 0 aromatic carbocycles. The van der Waals surface area contributed by atoms with Crippen LogP contribution in [0.5, 0.6) is 0 Å². The molecule has 2 heterocycles. The van der Waals surface area contributed by atoms with Gasteiger partial charge >= 0.3 is 0 Å². The third-order valence-electron chi connectivity index (χ3n) is 3.84.